The van der Waals surface area contributed by atoms with Gasteiger partial charge in [0.1, 0.15) is 11.8 Å². The van der Waals surface area contributed by atoms with Crippen molar-refractivity contribution in [3.63, 3.8) is 0 Å². The SMILES string of the molecule is Brc1cnc2cncnc2c1. The number of hydrogen-bond acceptors (Lipinski definition) is 3. The molecular formula is C7H4BrN3. The summed E-state index contributed by atoms with van der Waals surface area (Å²) in [7, 11) is 0. The molecule has 0 spiro atoms. The van der Waals surface area contributed by atoms with Crippen molar-refractivity contribution in [1.82, 2.24) is 15.0 Å². The molecule has 3 nitrogen and oxygen atoms in total. The van der Waals surface area contributed by atoms with Crippen molar-refractivity contribution in [2.45, 2.75) is 0 Å². The molecule has 0 aliphatic carbocycles. The molecule has 54 valence electrons. The molecule has 2 aromatic rings. The van der Waals surface area contributed by atoms with Crippen molar-refractivity contribution in [2.75, 3.05) is 0 Å². The van der Waals surface area contributed by atoms with E-state index in [9.17, 15) is 0 Å². The number of halogens is 1. The molecule has 0 aliphatic rings. The number of hydrogen-bond donors (Lipinski definition) is 0. The minimum atomic E-state index is 0.815. The second-order valence-corrected chi connectivity index (χ2v) is 3.00. The molecule has 0 unspecified atom stereocenters. The third kappa shape index (κ3) is 1.21. The maximum Gasteiger partial charge on any atom is 0.116 e. The summed E-state index contributed by atoms with van der Waals surface area (Å²) in [6, 6.07) is 1.91. The zero-order valence-corrected chi connectivity index (χ0v) is 7.12. The number of nitrogens with zero attached hydrogens (tertiary/aromatic N) is 3. The second kappa shape index (κ2) is 2.54. The van der Waals surface area contributed by atoms with Crippen molar-refractivity contribution in [3.05, 3.63) is 29.3 Å². The monoisotopic (exact) mass is 209 g/mol. The first-order valence-electron chi connectivity index (χ1n) is 3.07. The van der Waals surface area contributed by atoms with Crippen molar-refractivity contribution < 1.29 is 0 Å². The van der Waals surface area contributed by atoms with E-state index in [0.717, 1.165) is 15.5 Å². The van der Waals surface area contributed by atoms with E-state index in [4.69, 9.17) is 0 Å². The van der Waals surface area contributed by atoms with E-state index in [1.54, 1.807) is 12.4 Å². The summed E-state index contributed by atoms with van der Waals surface area (Å²) in [5.41, 5.74) is 1.67. The van der Waals surface area contributed by atoms with Crippen LogP contribution in [0.25, 0.3) is 11.0 Å². The van der Waals surface area contributed by atoms with Gasteiger partial charge in [-0.1, -0.05) is 0 Å². The molecule has 0 amide bonds. The average molecular weight is 210 g/mol. The molecule has 2 aromatic heterocycles. The number of pyridine rings is 1. The molecule has 0 atom stereocenters. The first-order valence-corrected chi connectivity index (χ1v) is 3.87. The predicted octanol–water partition coefficient (Wildman–Crippen LogP) is 1.79. The molecule has 0 aliphatic heterocycles. The van der Waals surface area contributed by atoms with E-state index < -0.39 is 0 Å². The van der Waals surface area contributed by atoms with Crippen LogP contribution in [0.4, 0.5) is 0 Å². The first-order chi connectivity index (χ1) is 5.36. The molecule has 0 aromatic carbocycles. The summed E-state index contributed by atoms with van der Waals surface area (Å²) in [5, 5.41) is 0. The van der Waals surface area contributed by atoms with Crippen LogP contribution in [0.15, 0.2) is 29.3 Å². The van der Waals surface area contributed by atoms with Gasteiger partial charge in [-0.3, -0.25) is 4.98 Å². The zero-order valence-electron chi connectivity index (χ0n) is 5.53. The Morgan fingerprint density at radius 2 is 2.00 bits per heavy atom. The number of fused-ring (bicyclic) bond motifs is 1. The van der Waals surface area contributed by atoms with E-state index in [2.05, 4.69) is 30.9 Å². The van der Waals surface area contributed by atoms with Gasteiger partial charge in [0, 0.05) is 10.7 Å². The molecule has 0 fully saturated rings. The van der Waals surface area contributed by atoms with Crippen LogP contribution in [0, 0.1) is 0 Å². The summed E-state index contributed by atoms with van der Waals surface area (Å²) >= 11 is 3.31. The van der Waals surface area contributed by atoms with E-state index in [1.807, 2.05) is 6.07 Å². The van der Waals surface area contributed by atoms with Gasteiger partial charge in [0.2, 0.25) is 0 Å². The van der Waals surface area contributed by atoms with E-state index in [-0.39, 0.29) is 0 Å². The van der Waals surface area contributed by atoms with Crippen molar-refractivity contribution in [2.24, 2.45) is 0 Å². The summed E-state index contributed by atoms with van der Waals surface area (Å²) in [4.78, 5) is 12.0. The average Bonchev–Trinajstić information content (AvgIpc) is 2.04. The fraction of sp³-hybridized carbons (Fsp3) is 0. The lowest BCUT2D eigenvalue weighted by Gasteiger charge is -1.93. The van der Waals surface area contributed by atoms with Gasteiger partial charge >= 0.3 is 0 Å². The third-order valence-electron chi connectivity index (χ3n) is 1.32. The van der Waals surface area contributed by atoms with Gasteiger partial charge in [-0.25, -0.2) is 9.97 Å². The molecule has 0 N–H and O–H groups in total. The highest BCUT2D eigenvalue weighted by atomic mass is 79.9. The minimum Gasteiger partial charge on any atom is -0.252 e. The molecular weight excluding hydrogens is 206 g/mol. The van der Waals surface area contributed by atoms with E-state index in [0.29, 0.717) is 0 Å². The molecule has 4 heteroatoms. The Balaban J connectivity index is 2.83. The summed E-state index contributed by atoms with van der Waals surface area (Å²) in [5.74, 6) is 0. The van der Waals surface area contributed by atoms with Gasteiger partial charge in [-0.15, -0.1) is 0 Å². The minimum absolute atomic E-state index is 0.815. The Morgan fingerprint density at radius 1 is 1.09 bits per heavy atom. The summed E-state index contributed by atoms with van der Waals surface area (Å²) < 4.78 is 0.934. The summed E-state index contributed by atoms with van der Waals surface area (Å²) in [6.45, 7) is 0. The van der Waals surface area contributed by atoms with Crippen LogP contribution < -0.4 is 0 Å². The van der Waals surface area contributed by atoms with Crippen LogP contribution in [-0.4, -0.2) is 15.0 Å². The lowest BCUT2D eigenvalue weighted by molar-refractivity contribution is 1.19. The zero-order chi connectivity index (χ0) is 7.68. The quantitative estimate of drug-likeness (QED) is 0.665. The van der Waals surface area contributed by atoms with Crippen LogP contribution in [0.5, 0.6) is 0 Å². The van der Waals surface area contributed by atoms with Crippen LogP contribution in [0.1, 0.15) is 0 Å². The van der Waals surface area contributed by atoms with Gasteiger partial charge in [0.05, 0.1) is 11.7 Å². The van der Waals surface area contributed by atoms with Gasteiger partial charge in [-0.05, 0) is 22.0 Å². The van der Waals surface area contributed by atoms with Crippen molar-refractivity contribution in [1.29, 1.82) is 0 Å². The van der Waals surface area contributed by atoms with Crippen LogP contribution in [-0.2, 0) is 0 Å². The fourth-order valence-electron chi connectivity index (χ4n) is 0.842. The first kappa shape index (κ1) is 6.67. The Kier molecular flexibility index (Phi) is 1.54. The van der Waals surface area contributed by atoms with Gasteiger partial charge in [0.15, 0.2) is 0 Å². The number of aromatic nitrogens is 3. The normalized spacial score (nSPS) is 10.3. The second-order valence-electron chi connectivity index (χ2n) is 2.08. The molecule has 0 bridgehead atoms. The largest absolute Gasteiger partial charge is 0.252 e. The lowest BCUT2D eigenvalue weighted by Crippen LogP contribution is -1.83. The topological polar surface area (TPSA) is 38.7 Å². The summed E-state index contributed by atoms with van der Waals surface area (Å²) in [6.07, 6.45) is 4.93. The molecule has 11 heavy (non-hydrogen) atoms. The fourth-order valence-corrected chi connectivity index (χ4v) is 1.16. The van der Waals surface area contributed by atoms with Crippen LogP contribution >= 0.6 is 15.9 Å². The van der Waals surface area contributed by atoms with Gasteiger partial charge in [-0.2, -0.15) is 0 Å². The van der Waals surface area contributed by atoms with Crippen LogP contribution in [0.3, 0.4) is 0 Å². The van der Waals surface area contributed by atoms with Gasteiger partial charge < -0.3 is 0 Å². The van der Waals surface area contributed by atoms with Crippen molar-refractivity contribution in [3.8, 4) is 0 Å². The Hall–Kier alpha value is -1.03. The molecule has 0 saturated heterocycles. The lowest BCUT2D eigenvalue weighted by atomic mass is 10.4. The molecule has 0 radical (unpaired) electrons. The van der Waals surface area contributed by atoms with E-state index in [1.165, 1.54) is 6.33 Å². The maximum atomic E-state index is 4.11. The molecule has 0 saturated carbocycles. The highest BCUT2D eigenvalue weighted by Gasteiger charge is 1.94. The maximum absolute atomic E-state index is 4.11. The predicted molar refractivity (Wildman–Crippen MR) is 45.0 cm³/mol. The third-order valence-corrected chi connectivity index (χ3v) is 1.76. The Labute approximate surface area is 71.6 Å². The highest BCUT2D eigenvalue weighted by molar-refractivity contribution is 9.10. The standard InChI is InChI=1S/C7H4BrN3/c8-5-1-6-7(10-2-5)3-9-4-11-6/h1-4H. The van der Waals surface area contributed by atoms with Crippen LogP contribution in [0.2, 0.25) is 0 Å². The Bertz CT molecular complexity index is 388. The Morgan fingerprint density at radius 3 is 2.91 bits per heavy atom. The molecule has 2 rings (SSSR count). The molecule has 2 heterocycles. The smallest absolute Gasteiger partial charge is 0.116 e. The highest BCUT2D eigenvalue weighted by Crippen LogP contribution is 2.12. The number of rotatable bonds is 0. The van der Waals surface area contributed by atoms with E-state index >= 15 is 0 Å². The van der Waals surface area contributed by atoms with Crippen molar-refractivity contribution >= 4 is 27.0 Å². The van der Waals surface area contributed by atoms with Gasteiger partial charge in [0.25, 0.3) is 0 Å².